The highest BCUT2D eigenvalue weighted by Gasteiger charge is 2.07. The minimum absolute atomic E-state index is 0.354. The van der Waals surface area contributed by atoms with Crippen molar-refractivity contribution in [1.82, 2.24) is 5.32 Å². The third-order valence-electron chi connectivity index (χ3n) is 2.84. The highest BCUT2D eigenvalue weighted by Crippen LogP contribution is 2.25. The Morgan fingerprint density at radius 1 is 1.37 bits per heavy atom. The van der Waals surface area contributed by atoms with Gasteiger partial charge in [0.2, 0.25) is 0 Å². The van der Waals surface area contributed by atoms with Gasteiger partial charge in [-0.1, -0.05) is 12.1 Å². The molecule has 0 spiro atoms. The van der Waals surface area contributed by atoms with E-state index in [1.807, 2.05) is 19.1 Å². The molecule has 1 aromatic heterocycles. The number of hydrogen-bond acceptors (Lipinski definition) is 3. The van der Waals surface area contributed by atoms with Crippen LogP contribution in [0.2, 0.25) is 0 Å². The van der Waals surface area contributed by atoms with E-state index < -0.39 is 0 Å². The minimum Gasteiger partial charge on any atom is -0.494 e. The van der Waals surface area contributed by atoms with E-state index in [0.29, 0.717) is 12.6 Å². The summed E-state index contributed by atoms with van der Waals surface area (Å²) in [6.45, 7) is 5.74. The van der Waals surface area contributed by atoms with E-state index in [1.54, 1.807) is 11.3 Å². The molecule has 2 rings (SSSR count). The molecule has 0 aliphatic rings. The van der Waals surface area contributed by atoms with Crippen LogP contribution in [0, 0.1) is 0 Å². The molecule has 1 unspecified atom stereocenters. The van der Waals surface area contributed by atoms with Crippen LogP contribution in [0.15, 0.2) is 40.2 Å². The lowest BCUT2D eigenvalue weighted by Crippen LogP contribution is -2.17. The van der Waals surface area contributed by atoms with E-state index >= 15 is 0 Å². The van der Waals surface area contributed by atoms with Crippen molar-refractivity contribution >= 4 is 27.3 Å². The Kier molecular flexibility index (Phi) is 5.43. The summed E-state index contributed by atoms with van der Waals surface area (Å²) >= 11 is 5.26. The minimum atomic E-state index is 0.354. The molecule has 1 N–H and O–H groups in total. The van der Waals surface area contributed by atoms with Crippen LogP contribution < -0.4 is 10.1 Å². The Labute approximate surface area is 126 Å². The van der Waals surface area contributed by atoms with Crippen molar-refractivity contribution in [3.63, 3.8) is 0 Å². The summed E-state index contributed by atoms with van der Waals surface area (Å²) in [5.41, 5.74) is 1.24. The summed E-state index contributed by atoms with van der Waals surface area (Å²) in [5.74, 6) is 0.938. The predicted molar refractivity (Wildman–Crippen MR) is 84.9 cm³/mol. The summed E-state index contributed by atoms with van der Waals surface area (Å²) in [7, 11) is 0. The molecular formula is C15H18BrNOS. The molecule has 2 nitrogen and oxygen atoms in total. The molecule has 19 heavy (non-hydrogen) atoms. The monoisotopic (exact) mass is 339 g/mol. The number of halogens is 1. The van der Waals surface area contributed by atoms with E-state index in [2.05, 4.69) is 51.7 Å². The van der Waals surface area contributed by atoms with Crippen LogP contribution in [-0.4, -0.2) is 6.61 Å². The molecule has 0 radical (unpaired) electrons. The first-order chi connectivity index (χ1) is 9.19. The van der Waals surface area contributed by atoms with Crippen LogP contribution in [0.4, 0.5) is 0 Å². The van der Waals surface area contributed by atoms with Gasteiger partial charge in [0.25, 0.3) is 0 Å². The van der Waals surface area contributed by atoms with E-state index in [9.17, 15) is 0 Å². The van der Waals surface area contributed by atoms with Gasteiger partial charge in [-0.05, 0) is 53.5 Å². The quantitative estimate of drug-likeness (QED) is 0.819. The molecule has 4 heteroatoms. The maximum Gasteiger partial charge on any atom is 0.119 e. The molecule has 1 aromatic carbocycles. The summed E-state index contributed by atoms with van der Waals surface area (Å²) in [4.78, 5) is 1.34. The normalized spacial score (nSPS) is 12.4. The Morgan fingerprint density at radius 3 is 2.89 bits per heavy atom. The fourth-order valence-corrected chi connectivity index (χ4v) is 3.32. The first kappa shape index (κ1) is 14.6. The Hall–Kier alpha value is -0.840. The number of rotatable bonds is 6. The molecule has 0 fully saturated rings. The Bertz CT molecular complexity index is 526. The molecule has 0 aliphatic carbocycles. The average molecular weight is 340 g/mol. The van der Waals surface area contributed by atoms with E-state index in [1.165, 1.54) is 10.4 Å². The van der Waals surface area contributed by atoms with E-state index in [-0.39, 0.29) is 0 Å². The first-order valence-electron chi connectivity index (χ1n) is 6.38. The van der Waals surface area contributed by atoms with Crippen LogP contribution in [0.1, 0.15) is 30.3 Å². The lowest BCUT2D eigenvalue weighted by atomic mass is 10.2. The fourth-order valence-electron chi connectivity index (χ4n) is 1.84. The third kappa shape index (κ3) is 4.34. The molecule has 2 aromatic rings. The van der Waals surface area contributed by atoms with Crippen molar-refractivity contribution in [2.24, 2.45) is 0 Å². The summed E-state index contributed by atoms with van der Waals surface area (Å²) in [6, 6.07) is 10.8. The van der Waals surface area contributed by atoms with Gasteiger partial charge >= 0.3 is 0 Å². The zero-order valence-electron chi connectivity index (χ0n) is 11.2. The zero-order valence-corrected chi connectivity index (χ0v) is 13.6. The molecule has 1 heterocycles. The lowest BCUT2D eigenvalue weighted by molar-refractivity contribution is 0.339. The van der Waals surface area contributed by atoms with E-state index in [0.717, 1.165) is 16.8 Å². The zero-order chi connectivity index (χ0) is 13.7. The number of hydrogen-bond donors (Lipinski definition) is 1. The maximum atomic E-state index is 5.51. The second-order valence-corrected chi connectivity index (χ2v) is 6.21. The fraction of sp³-hybridized carbons (Fsp3) is 0.333. The number of nitrogens with one attached hydrogen (secondary N) is 1. The summed E-state index contributed by atoms with van der Waals surface area (Å²) in [6.07, 6.45) is 0. The van der Waals surface area contributed by atoms with Crippen LogP contribution in [-0.2, 0) is 6.54 Å². The largest absolute Gasteiger partial charge is 0.494 e. The van der Waals surface area contributed by atoms with Gasteiger partial charge in [0, 0.05) is 27.3 Å². The van der Waals surface area contributed by atoms with Crippen LogP contribution in [0.5, 0.6) is 5.75 Å². The van der Waals surface area contributed by atoms with Gasteiger partial charge in [-0.2, -0.15) is 0 Å². The first-order valence-corrected chi connectivity index (χ1v) is 8.05. The molecule has 1 atom stereocenters. The summed E-state index contributed by atoms with van der Waals surface area (Å²) in [5, 5.41) is 5.65. The van der Waals surface area contributed by atoms with Crippen molar-refractivity contribution in [2.75, 3.05) is 6.61 Å². The van der Waals surface area contributed by atoms with Crippen LogP contribution in [0.25, 0.3) is 0 Å². The maximum absolute atomic E-state index is 5.51. The average Bonchev–Trinajstić information content (AvgIpc) is 2.84. The lowest BCUT2D eigenvalue weighted by Gasteiger charge is -2.12. The molecule has 0 saturated heterocycles. The van der Waals surface area contributed by atoms with Crippen LogP contribution >= 0.6 is 27.3 Å². The number of thiophene rings is 1. The second-order valence-electron chi connectivity index (χ2n) is 4.35. The van der Waals surface area contributed by atoms with Gasteiger partial charge < -0.3 is 10.1 Å². The van der Waals surface area contributed by atoms with Crippen molar-refractivity contribution in [1.29, 1.82) is 0 Å². The highest BCUT2D eigenvalue weighted by atomic mass is 79.9. The second kappa shape index (κ2) is 7.08. The SMILES string of the molecule is CCOc1cccc(CNC(C)c2cc(Br)cs2)c1. The van der Waals surface area contributed by atoms with Crippen LogP contribution in [0.3, 0.4) is 0 Å². The van der Waals surface area contributed by atoms with Gasteiger partial charge in [-0.3, -0.25) is 0 Å². The van der Waals surface area contributed by atoms with Crippen molar-refractivity contribution in [3.05, 3.63) is 50.6 Å². The molecular weight excluding hydrogens is 322 g/mol. The Morgan fingerprint density at radius 2 is 2.21 bits per heavy atom. The molecule has 0 bridgehead atoms. The van der Waals surface area contributed by atoms with Gasteiger partial charge in [-0.15, -0.1) is 11.3 Å². The van der Waals surface area contributed by atoms with Gasteiger partial charge in [0.05, 0.1) is 6.61 Å². The smallest absolute Gasteiger partial charge is 0.119 e. The van der Waals surface area contributed by atoms with Gasteiger partial charge in [0.1, 0.15) is 5.75 Å². The van der Waals surface area contributed by atoms with Gasteiger partial charge in [-0.25, -0.2) is 0 Å². The van der Waals surface area contributed by atoms with Gasteiger partial charge in [0.15, 0.2) is 0 Å². The third-order valence-corrected chi connectivity index (χ3v) is 4.71. The predicted octanol–water partition coefficient (Wildman–Crippen LogP) is 4.76. The summed E-state index contributed by atoms with van der Waals surface area (Å²) < 4.78 is 6.66. The molecule has 0 amide bonds. The molecule has 0 aliphatic heterocycles. The van der Waals surface area contributed by atoms with E-state index in [4.69, 9.17) is 4.74 Å². The molecule has 0 saturated carbocycles. The van der Waals surface area contributed by atoms with Crippen molar-refractivity contribution in [2.45, 2.75) is 26.4 Å². The standard InChI is InChI=1S/C15H18BrNOS/c1-3-18-14-6-4-5-12(7-14)9-17-11(2)15-8-13(16)10-19-15/h4-8,10-11,17H,3,9H2,1-2H3. The van der Waals surface area contributed by atoms with Crippen molar-refractivity contribution in [3.8, 4) is 5.75 Å². The molecule has 102 valence electrons. The van der Waals surface area contributed by atoms with Crippen molar-refractivity contribution < 1.29 is 4.74 Å². The topological polar surface area (TPSA) is 21.3 Å². The number of ether oxygens (including phenoxy) is 1. The highest BCUT2D eigenvalue weighted by molar-refractivity contribution is 9.10. The number of benzene rings is 1. The Balaban J connectivity index is 1.93.